The average Bonchev–Trinajstić information content (AvgIpc) is 2.90. The molecule has 1 saturated heterocycles. The molecule has 35 heavy (non-hydrogen) atoms. The first-order chi connectivity index (χ1) is 17.1. The van der Waals surface area contributed by atoms with Gasteiger partial charge in [-0.15, -0.1) is 0 Å². The lowest BCUT2D eigenvalue weighted by Gasteiger charge is -2.32. The molecule has 4 rings (SSSR count). The van der Waals surface area contributed by atoms with E-state index in [4.69, 9.17) is 4.74 Å². The van der Waals surface area contributed by atoms with Crippen LogP contribution in [0, 0.1) is 0 Å². The molecule has 2 aromatic rings. The van der Waals surface area contributed by atoms with Crippen LogP contribution < -0.4 is 10.6 Å². The quantitative estimate of drug-likeness (QED) is 0.482. The minimum atomic E-state index is -0.582. The number of hydrogen-bond donors (Lipinski definition) is 3. The molecule has 2 heterocycles. The summed E-state index contributed by atoms with van der Waals surface area (Å²) in [6.07, 6.45) is 6.79. The summed E-state index contributed by atoms with van der Waals surface area (Å²) in [6.45, 7) is 2.63. The maximum Gasteiger partial charge on any atom is 0.227 e. The summed E-state index contributed by atoms with van der Waals surface area (Å²) in [5, 5.41) is 15.7. The van der Waals surface area contributed by atoms with Crippen LogP contribution in [-0.4, -0.2) is 66.3 Å². The van der Waals surface area contributed by atoms with Gasteiger partial charge in [-0.1, -0.05) is 61.0 Å². The van der Waals surface area contributed by atoms with Gasteiger partial charge >= 0.3 is 0 Å². The molecule has 7 heteroatoms. The number of likely N-dealkylation sites (tertiary alicyclic amines) is 1. The highest BCUT2D eigenvalue weighted by Gasteiger charge is 2.29. The number of aliphatic hydroxyl groups is 1. The number of amides is 2. The molecule has 2 aliphatic heterocycles. The van der Waals surface area contributed by atoms with Gasteiger partial charge in [0.05, 0.1) is 25.2 Å². The highest BCUT2D eigenvalue weighted by atomic mass is 16.5. The first-order valence-electron chi connectivity index (χ1n) is 12.5. The Balaban J connectivity index is 1.24. The largest absolute Gasteiger partial charge is 0.394 e. The Labute approximate surface area is 207 Å². The number of benzene rings is 2. The summed E-state index contributed by atoms with van der Waals surface area (Å²) in [5.41, 5.74) is 2.92. The number of aliphatic hydroxyl groups excluding tert-OH is 1. The van der Waals surface area contributed by atoms with Crippen LogP contribution in [0.5, 0.6) is 0 Å². The predicted octanol–water partition coefficient (Wildman–Crippen LogP) is 3.36. The molecule has 0 bridgehead atoms. The second-order valence-corrected chi connectivity index (χ2v) is 9.22. The van der Waals surface area contributed by atoms with Crippen LogP contribution >= 0.6 is 0 Å². The van der Waals surface area contributed by atoms with Crippen LogP contribution in [0.25, 0.3) is 11.1 Å². The molecule has 1 fully saturated rings. The molecule has 0 aromatic heterocycles. The zero-order chi connectivity index (χ0) is 24.5. The van der Waals surface area contributed by atoms with Gasteiger partial charge in [-0.2, -0.15) is 0 Å². The average molecular weight is 478 g/mol. The van der Waals surface area contributed by atoms with Crippen LogP contribution in [0.1, 0.15) is 32.1 Å². The number of hydrogen-bond acceptors (Lipinski definition) is 5. The third-order valence-corrected chi connectivity index (χ3v) is 6.56. The Bertz CT molecular complexity index is 987. The molecule has 0 saturated carbocycles. The highest BCUT2D eigenvalue weighted by Crippen LogP contribution is 2.22. The fourth-order valence-electron chi connectivity index (χ4n) is 4.61. The Morgan fingerprint density at radius 1 is 0.914 bits per heavy atom. The SMILES string of the molecule is O=C(C[C@H]1C=C[C@H](NC(=O)CCN2CCCCC2)[C@@H](CO)O1)Nc1ccc(-c2ccccc2)cc1. The van der Waals surface area contributed by atoms with Crippen molar-refractivity contribution in [1.82, 2.24) is 10.2 Å². The van der Waals surface area contributed by atoms with E-state index in [1.165, 1.54) is 19.3 Å². The Morgan fingerprint density at radius 3 is 2.34 bits per heavy atom. The molecule has 7 nitrogen and oxygen atoms in total. The lowest BCUT2D eigenvalue weighted by atomic mass is 10.0. The summed E-state index contributed by atoms with van der Waals surface area (Å²) in [6, 6.07) is 17.4. The van der Waals surface area contributed by atoms with Crippen molar-refractivity contribution in [3.05, 3.63) is 66.7 Å². The molecule has 2 amide bonds. The van der Waals surface area contributed by atoms with E-state index in [-0.39, 0.29) is 24.8 Å². The summed E-state index contributed by atoms with van der Waals surface area (Å²) < 4.78 is 5.91. The number of piperidine rings is 1. The highest BCUT2D eigenvalue weighted by molar-refractivity contribution is 5.91. The maximum absolute atomic E-state index is 12.6. The lowest BCUT2D eigenvalue weighted by Crippen LogP contribution is -2.49. The van der Waals surface area contributed by atoms with E-state index in [9.17, 15) is 14.7 Å². The fraction of sp³-hybridized carbons (Fsp3) is 0.429. The zero-order valence-corrected chi connectivity index (χ0v) is 20.1. The van der Waals surface area contributed by atoms with Crippen molar-refractivity contribution in [1.29, 1.82) is 0 Å². The van der Waals surface area contributed by atoms with Gasteiger partial charge in [-0.25, -0.2) is 0 Å². The standard InChI is InChI=1S/C28H35N3O4/c32-20-26-25(30-27(33)15-18-31-16-5-2-6-17-31)14-13-24(35-26)19-28(34)29-23-11-9-22(10-12-23)21-7-3-1-4-8-21/h1,3-4,7-14,24-26,32H,2,5-6,15-20H2,(H,29,34)(H,30,33)/t24-,25+,26-/m1/s1. The van der Waals surface area contributed by atoms with E-state index in [0.717, 1.165) is 30.8 Å². The molecule has 0 aliphatic carbocycles. The van der Waals surface area contributed by atoms with E-state index in [2.05, 4.69) is 15.5 Å². The summed E-state index contributed by atoms with van der Waals surface area (Å²) in [5.74, 6) is -0.227. The van der Waals surface area contributed by atoms with Gasteiger partial charge in [0.15, 0.2) is 0 Å². The first-order valence-corrected chi connectivity index (χ1v) is 12.5. The molecule has 0 spiro atoms. The Kier molecular flexibility index (Phi) is 9.06. The molecule has 3 atom stereocenters. The van der Waals surface area contributed by atoms with Crippen LogP contribution in [-0.2, 0) is 14.3 Å². The van der Waals surface area contributed by atoms with Crippen LogP contribution in [0.3, 0.4) is 0 Å². The van der Waals surface area contributed by atoms with E-state index in [1.54, 1.807) is 6.08 Å². The Hall–Kier alpha value is -3.00. The fourth-order valence-corrected chi connectivity index (χ4v) is 4.61. The molecule has 2 aliphatic rings. The third kappa shape index (κ3) is 7.49. The molecular formula is C28H35N3O4. The predicted molar refractivity (Wildman–Crippen MR) is 137 cm³/mol. The van der Waals surface area contributed by atoms with E-state index in [0.29, 0.717) is 12.1 Å². The van der Waals surface area contributed by atoms with Crippen LogP contribution in [0.15, 0.2) is 66.7 Å². The van der Waals surface area contributed by atoms with Crippen LogP contribution in [0.4, 0.5) is 5.69 Å². The number of nitrogens with one attached hydrogen (secondary N) is 2. The summed E-state index contributed by atoms with van der Waals surface area (Å²) in [4.78, 5) is 27.3. The number of carbonyl (C=O) groups excluding carboxylic acids is 2. The molecule has 186 valence electrons. The number of anilines is 1. The monoisotopic (exact) mass is 477 g/mol. The minimum Gasteiger partial charge on any atom is -0.394 e. The van der Waals surface area contributed by atoms with Crippen molar-refractivity contribution in [3.8, 4) is 11.1 Å². The number of ether oxygens (including phenoxy) is 1. The molecular weight excluding hydrogens is 442 g/mol. The summed E-state index contributed by atoms with van der Waals surface area (Å²) >= 11 is 0. The Morgan fingerprint density at radius 2 is 1.63 bits per heavy atom. The minimum absolute atomic E-state index is 0.0533. The number of rotatable bonds is 9. The number of nitrogens with zero attached hydrogens (tertiary/aromatic N) is 1. The van der Waals surface area contributed by atoms with Gasteiger partial charge in [0.2, 0.25) is 11.8 Å². The van der Waals surface area contributed by atoms with Gasteiger partial charge < -0.3 is 25.4 Å². The topological polar surface area (TPSA) is 90.9 Å². The molecule has 2 aromatic carbocycles. The van der Waals surface area contributed by atoms with Crippen molar-refractivity contribution in [3.63, 3.8) is 0 Å². The lowest BCUT2D eigenvalue weighted by molar-refractivity contribution is -0.126. The summed E-state index contributed by atoms with van der Waals surface area (Å²) in [7, 11) is 0. The molecule has 0 radical (unpaired) electrons. The van der Waals surface area contributed by atoms with Gasteiger partial charge in [-0.05, 0) is 49.2 Å². The van der Waals surface area contributed by atoms with Gasteiger partial charge in [0.1, 0.15) is 6.10 Å². The van der Waals surface area contributed by atoms with E-state index in [1.807, 2.05) is 60.7 Å². The van der Waals surface area contributed by atoms with E-state index >= 15 is 0 Å². The van der Waals surface area contributed by atoms with Crippen molar-refractivity contribution in [2.24, 2.45) is 0 Å². The normalized spacial score (nSPS) is 22.5. The first kappa shape index (κ1) is 25.1. The van der Waals surface area contributed by atoms with Crippen molar-refractivity contribution in [2.75, 3.05) is 31.6 Å². The smallest absolute Gasteiger partial charge is 0.227 e. The third-order valence-electron chi connectivity index (χ3n) is 6.56. The second-order valence-electron chi connectivity index (χ2n) is 9.22. The maximum atomic E-state index is 12.6. The number of carbonyl (C=O) groups is 2. The zero-order valence-electron chi connectivity index (χ0n) is 20.1. The van der Waals surface area contributed by atoms with Gasteiger partial charge in [-0.3, -0.25) is 9.59 Å². The van der Waals surface area contributed by atoms with Gasteiger partial charge in [0, 0.05) is 18.7 Å². The molecule has 3 N–H and O–H groups in total. The van der Waals surface area contributed by atoms with Crippen molar-refractivity contribution >= 4 is 17.5 Å². The molecule has 0 unspecified atom stereocenters. The second kappa shape index (κ2) is 12.6. The van der Waals surface area contributed by atoms with Gasteiger partial charge in [0.25, 0.3) is 0 Å². The van der Waals surface area contributed by atoms with Crippen molar-refractivity contribution < 1.29 is 19.4 Å². The van der Waals surface area contributed by atoms with Crippen LogP contribution in [0.2, 0.25) is 0 Å². The van der Waals surface area contributed by atoms with E-state index < -0.39 is 18.2 Å². The van der Waals surface area contributed by atoms with Crippen molar-refractivity contribution in [2.45, 2.75) is 50.4 Å².